The normalized spacial score (nSPS) is 22.6. The third-order valence-electron chi connectivity index (χ3n) is 7.27. The van der Waals surface area contributed by atoms with Crippen molar-refractivity contribution in [3.05, 3.63) is 52.3 Å². The summed E-state index contributed by atoms with van der Waals surface area (Å²) in [4.78, 5) is 23.0. The molecule has 4 heterocycles. The van der Waals surface area contributed by atoms with Crippen LogP contribution in [0.5, 0.6) is 0 Å². The zero-order chi connectivity index (χ0) is 26.5. The van der Waals surface area contributed by atoms with Crippen molar-refractivity contribution in [2.75, 3.05) is 35.5 Å². The van der Waals surface area contributed by atoms with Gasteiger partial charge in [0.25, 0.3) is 5.91 Å². The van der Waals surface area contributed by atoms with Gasteiger partial charge in [-0.1, -0.05) is 25.4 Å². The van der Waals surface area contributed by atoms with Gasteiger partial charge in [0, 0.05) is 42.5 Å². The Morgan fingerprint density at radius 1 is 1.11 bits per heavy atom. The summed E-state index contributed by atoms with van der Waals surface area (Å²) in [6.45, 7) is 8.96. The van der Waals surface area contributed by atoms with Gasteiger partial charge < -0.3 is 9.80 Å². The van der Waals surface area contributed by atoms with Gasteiger partial charge in [0.2, 0.25) is 10.0 Å². The molecule has 11 heteroatoms. The molecule has 5 rings (SSSR count). The molecule has 0 saturated carbocycles. The minimum atomic E-state index is -3.58. The topological polar surface area (TPSA) is 99.9 Å². The smallest absolute Gasteiger partial charge is 0.256 e. The molecule has 2 aliphatic heterocycles. The van der Waals surface area contributed by atoms with Crippen molar-refractivity contribution in [2.45, 2.75) is 46.1 Å². The molecule has 0 unspecified atom stereocenters. The minimum absolute atomic E-state index is 0.214. The number of halogens is 1. The molecule has 0 aliphatic carbocycles. The second kappa shape index (κ2) is 9.79. The van der Waals surface area contributed by atoms with E-state index in [1.807, 2.05) is 12.3 Å². The number of amides is 1. The van der Waals surface area contributed by atoms with E-state index in [1.54, 1.807) is 15.5 Å². The molecule has 2 saturated heterocycles. The Morgan fingerprint density at radius 2 is 1.86 bits per heavy atom. The lowest BCUT2D eigenvalue weighted by molar-refractivity contribution is 0.0538. The monoisotopic (exact) mass is 544 g/mol. The number of carbonyl (C=O) groups excluding carboxylic acids is 1. The van der Waals surface area contributed by atoms with Gasteiger partial charge in [-0.05, 0) is 56.2 Å². The molecule has 3 atom stereocenters. The summed E-state index contributed by atoms with van der Waals surface area (Å²) < 4.78 is 28.2. The van der Waals surface area contributed by atoms with Gasteiger partial charge in [-0.15, -0.1) is 0 Å². The highest BCUT2D eigenvalue weighted by Crippen LogP contribution is 2.36. The van der Waals surface area contributed by atoms with E-state index < -0.39 is 10.0 Å². The van der Waals surface area contributed by atoms with Crippen molar-refractivity contribution in [1.82, 2.24) is 19.5 Å². The lowest BCUT2D eigenvalue weighted by atomic mass is 9.91. The lowest BCUT2D eigenvalue weighted by Gasteiger charge is -2.38. The first-order chi connectivity index (χ1) is 17.5. The molecule has 9 nitrogen and oxygen atoms in total. The Hall–Kier alpha value is -2.85. The molecule has 2 aromatic heterocycles. The minimum Gasteiger partial charge on any atom is -0.356 e. The molecule has 1 N–H and O–H groups in total. The number of anilines is 2. The summed E-state index contributed by atoms with van der Waals surface area (Å²) in [5.41, 5.74) is 3.03. The van der Waals surface area contributed by atoms with Crippen LogP contribution in [-0.2, 0) is 10.0 Å². The van der Waals surface area contributed by atoms with E-state index in [1.165, 1.54) is 12.1 Å². The van der Waals surface area contributed by atoms with Crippen LogP contribution in [0.15, 0.2) is 30.5 Å². The fourth-order valence-corrected chi connectivity index (χ4v) is 6.20. The first-order valence-electron chi connectivity index (χ1n) is 12.7. The predicted octanol–water partition coefficient (Wildman–Crippen LogP) is 4.52. The SMILES string of the molecule is Cc1cn2nc([C@@H]3CC[C@H](C)CN3C(=O)c3cc(Cl)ccc3NS(C)(=O)=O)cc2nc1N1CC[C@@H](C)C1. The van der Waals surface area contributed by atoms with Gasteiger partial charge in [0.05, 0.1) is 29.2 Å². The lowest BCUT2D eigenvalue weighted by Crippen LogP contribution is -2.42. The summed E-state index contributed by atoms with van der Waals surface area (Å²) in [6, 6.07) is 6.32. The molecule has 2 fully saturated rings. The van der Waals surface area contributed by atoms with Crippen LogP contribution in [0.2, 0.25) is 5.02 Å². The number of benzene rings is 1. The summed E-state index contributed by atoms with van der Waals surface area (Å²) in [6.07, 6.45) is 5.93. The van der Waals surface area contributed by atoms with Crippen molar-refractivity contribution in [3.8, 4) is 0 Å². The molecule has 0 spiro atoms. The highest BCUT2D eigenvalue weighted by molar-refractivity contribution is 7.92. The first-order valence-corrected chi connectivity index (χ1v) is 15.0. The summed E-state index contributed by atoms with van der Waals surface area (Å²) >= 11 is 6.22. The fraction of sp³-hybridized carbons (Fsp3) is 0.500. The number of aromatic nitrogens is 3. The fourth-order valence-electron chi connectivity index (χ4n) is 5.45. The molecule has 37 heavy (non-hydrogen) atoms. The highest BCUT2D eigenvalue weighted by Gasteiger charge is 2.35. The number of piperidine rings is 1. The number of likely N-dealkylation sites (tertiary alicyclic amines) is 1. The van der Waals surface area contributed by atoms with Crippen molar-refractivity contribution >= 4 is 44.7 Å². The third-order valence-corrected chi connectivity index (χ3v) is 8.10. The number of carbonyl (C=O) groups is 1. The van der Waals surface area contributed by atoms with Crippen molar-refractivity contribution in [1.29, 1.82) is 0 Å². The number of sulfonamides is 1. The number of nitrogens with one attached hydrogen (secondary N) is 1. The van der Waals surface area contributed by atoms with Gasteiger partial charge >= 0.3 is 0 Å². The molecule has 3 aromatic rings. The molecule has 1 amide bonds. The van der Waals surface area contributed by atoms with Crippen LogP contribution in [0.3, 0.4) is 0 Å². The zero-order valence-electron chi connectivity index (χ0n) is 21.6. The average molecular weight is 545 g/mol. The second-order valence-corrected chi connectivity index (χ2v) is 12.9. The number of hydrogen-bond donors (Lipinski definition) is 1. The Morgan fingerprint density at radius 3 is 2.57 bits per heavy atom. The Kier molecular flexibility index (Phi) is 6.83. The highest BCUT2D eigenvalue weighted by atomic mass is 35.5. The van der Waals surface area contributed by atoms with Crippen LogP contribution < -0.4 is 9.62 Å². The molecular weight excluding hydrogens is 512 g/mol. The van der Waals surface area contributed by atoms with Gasteiger partial charge in [0.1, 0.15) is 5.82 Å². The van der Waals surface area contributed by atoms with Crippen LogP contribution in [0.25, 0.3) is 5.65 Å². The van der Waals surface area contributed by atoms with Crippen LogP contribution in [0.1, 0.15) is 60.8 Å². The van der Waals surface area contributed by atoms with Gasteiger partial charge in [-0.2, -0.15) is 5.10 Å². The average Bonchev–Trinajstić information content (AvgIpc) is 3.43. The number of hydrogen-bond acceptors (Lipinski definition) is 6. The standard InChI is InChI=1S/C26H33ClN6O3S/c1-16-5-8-23(32(14-16)26(34)20-11-19(27)6-7-21(20)30-37(4,35)36)22-12-24-28-25(18(3)15-33(24)29-22)31-10-9-17(2)13-31/h6-7,11-12,15-17,23,30H,5,8-10,13-14H2,1-4H3/t16-,17+,23-/m0/s1. The van der Waals surface area contributed by atoms with Crippen molar-refractivity contribution < 1.29 is 13.2 Å². The number of fused-ring (bicyclic) bond motifs is 1. The molecule has 0 bridgehead atoms. The summed E-state index contributed by atoms with van der Waals surface area (Å²) in [5.74, 6) is 1.66. The maximum atomic E-state index is 13.9. The Bertz CT molecular complexity index is 1460. The largest absolute Gasteiger partial charge is 0.356 e. The van der Waals surface area contributed by atoms with Crippen LogP contribution in [0.4, 0.5) is 11.5 Å². The number of rotatable bonds is 5. The third kappa shape index (κ3) is 5.40. The molecule has 198 valence electrons. The summed E-state index contributed by atoms with van der Waals surface area (Å²) in [5, 5.41) is 5.20. The molecule has 1 aromatic carbocycles. The Labute approximate surface area is 222 Å². The molecule has 0 radical (unpaired) electrons. The van der Waals surface area contributed by atoms with E-state index in [0.29, 0.717) is 23.4 Å². The van der Waals surface area contributed by atoms with Crippen molar-refractivity contribution in [3.63, 3.8) is 0 Å². The maximum absolute atomic E-state index is 13.9. The number of nitrogens with zero attached hydrogens (tertiary/aromatic N) is 5. The van der Waals surface area contributed by atoms with Gasteiger partial charge in [0.15, 0.2) is 5.65 Å². The van der Waals surface area contributed by atoms with E-state index in [0.717, 1.165) is 61.3 Å². The zero-order valence-corrected chi connectivity index (χ0v) is 23.2. The Balaban J connectivity index is 1.51. The van der Waals surface area contributed by atoms with E-state index in [-0.39, 0.29) is 23.2 Å². The first kappa shape index (κ1) is 25.8. The van der Waals surface area contributed by atoms with E-state index in [2.05, 4.69) is 30.4 Å². The molecular formula is C26H33ClN6O3S. The quantitative estimate of drug-likeness (QED) is 0.507. The van der Waals surface area contributed by atoms with E-state index >= 15 is 0 Å². The maximum Gasteiger partial charge on any atom is 0.256 e. The van der Waals surface area contributed by atoms with E-state index in [9.17, 15) is 13.2 Å². The van der Waals surface area contributed by atoms with Gasteiger partial charge in [-0.3, -0.25) is 9.52 Å². The van der Waals surface area contributed by atoms with Crippen molar-refractivity contribution in [2.24, 2.45) is 11.8 Å². The predicted molar refractivity (Wildman–Crippen MR) is 146 cm³/mol. The van der Waals surface area contributed by atoms with Crippen LogP contribution in [-0.4, -0.2) is 59.7 Å². The van der Waals surface area contributed by atoms with E-state index in [4.69, 9.17) is 21.7 Å². The van der Waals surface area contributed by atoms with Crippen LogP contribution >= 0.6 is 11.6 Å². The number of aryl methyl sites for hydroxylation is 1. The van der Waals surface area contributed by atoms with Gasteiger partial charge in [-0.25, -0.2) is 17.9 Å². The summed E-state index contributed by atoms with van der Waals surface area (Å²) in [7, 11) is -3.58. The van der Waals surface area contributed by atoms with Crippen LogP contribution in [0, 0.1) is 18.8 Å². The molecule has 2 aliphatic rings. The second-order valence-electron chi connectivity index (χ2n) is 10.7.